The second kappa shape index (κ2) is 4.66. The van der Waals surface area contributed by atoms with Crippen molar-refractivity contribution < 1.29 is 13.2 Å². The standard InChI is InChI=1S/C12H9ClF3N5/c13-7-3-8(21-10(4-7)19-11(17)20-21)6-1-2-9(18-5-6)12(14,15)16/h1-5,10H,(H3,17,19,20). The van der Waals surface area contributed by atoms with Gasteiger partial charge in [0.05, 0.1) is 5.70 Å². The van der Waals surface area contributed by atoms with E-state index in [0.717, 1.165) is 12.3 Å². The number of hydrazone groups is 1. The maximum absolute atomic E-state index is 12.5. The van der Waals surface area contributed by atoms with Crippen molar-refractivity contribution in [2.45, 2.75) is 12.3 Å². The van der Waals surface area contributed by atoms with Crippen molar-refractivity contribution >= 4 is 23.3 Å². The molecule has 1 aromatic heterocycles. The number of aromatic nitrogens is 1. The topological polar surface area (TPSA) is 66.5 Å². The molecular formula is C12H9ClF3N5. The molecule has 3 N–H and O–H groups in total. The number of nitrogens with two attached hydrogens (primary N) is 1. The number of pyridine rings is 1. The number of nitrogens with one attached hydrogen (secondary N) is 1. The summed E-state index contributed by atoms with van der Waals surface area (Å²) >= 11 is 6.01. The summed E-state index contributed by atoms with van der Waals surface area (Å²) in [5, 5.41) is 8.91. The predicted octanol–water partition coefficient (Wildman–Crippen LogP) is 2.04. The van der Waals surface area contributed by atoms with Crippen LogP contribution in [0, 0.1) is 0 Å². The van der Waals surface area contributed by atoms with Crippen molar-refractivity contribution in [3.05, 3.63) is 46.8 Å². The van der Waals surface area contributed by atoms with Crippen LogP contribution in [0.3, 0.4) is 0 Å². The molecule has 21 heavy (non-hydrogen) atoms. The van der Waals surface area contributed by atoms with Gasteiger partial charge in [-0.05, 0) is 24.3 Å². The van der Waals surface area contributed by atoms with Gasteiger partial charge in [0.2, 0.25) is 5.96 Å². The van der Waals surface area contributed by atoms with Gasteiger partial charge in [-0.15, -0.1) is 5.10 Å². The van der Waals surface area contributed by atoms with Gasteiger partial charge in [-0.1, -0.05) is 11.6 Å². The quantitative estimate of drug-likeness (QED) is 0.832. The Bertz CT molecular complexity index is 662. The van der Waals surface area contributed by atoms with Crippen molar-refractivity contribution in [2.75, 3.05) is 0 Å². The summed E-state index contributed by atoms with van der Waals surface area (Å²) in [6.07, 6.45) is -0.430. The average Bonchev–Trinajstić information content (AvgIpc) is 2.77. The summed E-state index contributed by atoms with van der Waals surface area (Å²) in [4.78, 5) is 3.43. The number of halogens is 4. The molecule has 1 atom stereocenters. The summed E-state index contributed by atoms with van der Waals surface area (Å²) in [6, 6.07) is 2.23. The lowest BCUT2D eigenvalue weighted by Crippen LogP contribution is -2.39. The third-order valence-electron chi connectivity index (χ3n) is 2.96. The van der Waals surface area contributed by atoms with E-state index in [2.05, 4.69) is 15.4 Å². The van der Waals surface area contributed by atoms with E-state index in [1.807, 2.05) is 0 Å². The summed E-state index contributed by atoms with van der Waals surface area (Å²) < 4.78 is 37.6. The van der Waals surface area contributed by atoms with E-state index < -0.39 is 11.9 Å². The summed E-state index contributed by atoms with van der Waals surface area (Å²) in [5.74, 6) is 0.202. The molecule has 110 valence electrons. The first kappa shape index (κ1) is 13.7. The number of hydrogen-bond donors (Lipinski definition) is 2. The fraction of sp³-hybridized carbons (Fsp3) is 0.167. The van der Waals surface area contributed by atoms with Gasteiger partial charge >= 0.3 is 6.18 Å². The lowest BCUT2D eigenvalue weighted by molar-refractivity contribution is -0.141. The molecule has 0 aromatic carbocycles. The van der Waals surface area contributed by atoms with Crippen molar-refractivity contribution in [1.82, 2.24) is 15.3 Å². The van der Waals surface area contributed by atoms with Crippen LogP contribution in [0.5, 0.6) is 0 Å². The zero-order valence-electron chi connectivity index (χ0n) is 10.4. The molecule has 0 radical (unpaired) electrons. The van der Waals surface area contributed by atoms with Crippen LogP contribution in [-0.4, -0.2) is 22.1 Å². The number of allylic oxidation sites excluding steroid dienone is 2. The van der Waals surface area contributed by atoms with E-state index in [4.69, 9.17) is 17.3 Å². The number of alkyl halides is 3. The second-order valence-corrected chi connectivity index (χ2v) is 4.87. The van der Waals surface area contributed by atoms with Crippen LogP contribution in [0.15, 0.2) is 40.6 Å². The second-order valence-electron chi connectivity index (χ2n) is 4.43. The van der Waals surface area contributed by atoms with Crippen molar-refractivity contribution in [2.24, 2.45) is 10.8 Å². The minimum absolute atomic E-state index is 0.202. The molecule has 0 bridgehead atoms. The average molecular weight is 316 g/mol. The van der Waals surface area contributed by atoms with Gasteiger partial charge in [0.25, 0.3) is 0 Å². The van der Waals surface area contributed by atoms with E-state index in [0.29, 0.717) is 16.3 Å². The number of hydrogen-bond acceptors (Lipinski definition) is 5. The third kappa shape index (κ3) is 2.54. The minimum atomic E-state index is -4.47. The molecule has 0 fully saturated rings. The van der Waals surface area contributed by atoms with Crippen molar-refractivity contribution in [3.63, 3.8) is 0 Å². The molecule has 0 aliphatic carbocycles. The first-order valence-corrected chi connectivity index (χ1v) is 6.25. The zero-order valence-corrected chi connectivity index (χ0v) is 11.2. The monoisotopic (exact) mass is 315 g/mol. The summed E-state index contributed by atoms with van der Waals surface area (Å²) in [6.45, 7) is 0. The predicted molar refractivity (Wildman–Crippen MR) is 71.5 cm³/mol. The first-order valence-electron chi connectivity index (χ1n) is 5.87. The van der Waals surface area contributed by atoms with Crippen LogP contribution < -0.4 is 11.1 Å². The van der Waals surface area contributed by atoms with E-state index in [1.54, 1.807) is 12.2 Å². The summed E-state index contributed by atoms with van der Waals surface area (Å²) in [5.41, 5.74) is 5.61. The van der Waals surface area contributed by atoms with Crippen molar-refractivity contribution in [1.29, 1.82) is 0 Å². The van der Waals surface area contributed by atoms with Gasteiger partial charge in [0, 0.05) is 16.8 Å². The number of fused-ring (bicyclic) bond motifs is 1. The molecule has 3 heterocycles. The zero-order chi connectivity index (χ0) is 15.2. The molecule has 0 saturated heterocycles. The molecule has 5 nitrogen and oxygen atoms in total. The fourth-order valence-corrected chi connectivity index (χ4v) is 2.28. The highest BCUT2D eigenvalue weighted by molar-refractivity contribution is 6.31. The van der Waals surface area contributed by atoms with Crippen LogP contribution in [0.25, 0.3) is 5.70 Å². The van der Waals surface area contributed by atoms with Gasteiger partial charge in [-0.3, -0.25) is 4.98 Å². The Kier molecular flexibility index (Phi) is 3.05. The van der Waals surface area contributed by atoms with Crippen LogP contribution in [0.1, 0.15) is 11.3 Å². The molecule has 0 saturated carbocycles. The smallest absolute Gasteiger partial charge is 0.368 e. The van der Waals surface area contributed by atoms with Gasteiger partial charge < -0.3 is 11.1 Å². The van der Waals surface area contributed by atoms with Crippen LogP contribution in [0.2, 0.25) is 0 Å². The minimum Gasteiger partial charge on any atom is -0.368 e. The van der Waals surface area contributed by atoms with Gasteiger partial charge in [-0.25, -0.2) is 5.01 Å². The number of rotatable bonds is 1. The number of guanidine groups is 1. The van der Waals surface area contributed by atoms with Gasteiger partial charge in [0.15, 0.2) is 0 Å². The normalized spacial score (nSPS) is 21.2. The highest BCUT2D eigenvalue weighted by Gasteiger charge is 2.33. The Balaban J connectivity index is 1.97. The molecular weight excluding hydrogens is 307 g/mol. The van der Waals surface area contributed by atoms with Crippen LogP contribution in [-0.2, 0) is 6.18 Å². The van der Waals surface area contributed by atoms with Crippen LogP contribution >= 0.6 is 11.6 Å². The van der Waals surface area contributed by atoms with Crippen LogP contribution in [0.4, 0.5) is 13.2 Å². The Morgan fingerprint density at radius 3 is 2.71 bits per heavy atom. The molecule has 0 amide bonds. The number of nitrogens with zero attached hydrogens (tertiary/aromatic N) is 3. The van der Waals surface area contributed by atoms with E-state index in [1.165, 1.54) is 11.1 Å². The maximum atomic E-state index is 12.5. The van der Waals surface area contributed by atoms with Gasteiger partial charge in [0.1, 0.15) is 11.9 Å². The molecule has 3 rings (SSSR count). The van der Waals surface area contributed by atoms with E-state index in [9.17, 15) is 13.2 Å². The van der Waals surface area contributed by atoms with E-state index >= 15 is 0 Å². The Morgan fingerprint density at radius 1 is 1.33 bits per heavy atom. The Morgan fingerprint density at radius 2 is 2.10 bits per heavy atom. The molecule has 0 spiro atoms. The molecule has 9 heteroatoms. The Hall–Kier alpha value is -2.22. The van der Waals surface area contributed by atoms with E-state index in [-0.39, 0.29) is 12.1 Å². The third-order valence-corrected chi connectivity index (χ3v) is 3.20. The SMILES string of the molecule is NC1=NN2C(c3ccc(C(F)(F)F)nc3)=CC(Cl)=CC2N1. The first-order chi connectivity index (χ1) is 9.84. The fourth-order valence-electron chi connectivity index (χ4n) is 2.06. The molecule has 1 unspecified atom stereocenters. The van der Waals surface area contributed by atoms with Crippen molar-refractivity contribution in [3.8, 4) is 0 Å². The lowest BCUT2D eigenvalue weighted by atomic mass is 10.1. The molecule has 1 aromatic rings. The highest BCUT2D eigenvalue weighted by Crippen LogP contribution is 2.32. The largest absolute Gasteiger partial charge is 0.433 e. The van der Waals surface area contributed by atoms with Gasteiger partial charge in [-0.2, -0.15) is 13.2 Å². The molecule has 2 aliphatic rings. The Labute approximate surface area is 122 Å². The summed E-state index contributed by atoms with van der Waals surface area (Å²) in [7, 11) is 0. The highest BCUT2D eigenvalue weighted by atomic mass is 35.5. The molecule has 2 aliphatic heterocycles. The maximum Gasteiger partial charge on any atom is 0.433 e. The lowest BCUT2D eigenvalue weighted by Gasteiger charge is -2.26.